The van der Waals surface area contributed by atoms with E-state index in [1.54, 1.807) is 0 Å². The van der Waals surface area contributed by atoms with Crippen LogP contribution in [0, 0.1) is 0 Å². The quantitative estimate of drug-likeness (QED) is 0.774. The van der Waals surface area contributed by atoms with Crippen molar-refractivity contribution in [3.63, 3.8) is 0 Å². The first-order chi connectivity index (χ1) is 9.29. The molecule has 4 nitrogen and oxygen atoms in total. The molecule has 0 aliphatic heterocycles. The van der Waals surface area contributed by atoms with Crippen LogP contribution in [0.5, 0.6) is 0 Å². The van der Waals surface area contributed by atoms with E-state index in [-0.39, 0.29) is 5.97 Å². The molecule has 1 heterocycles. The molecular formula is C15H14N2O2. The average Bonchev–Trinajstić information content (AvgIpc) is 2.90. The minimum atomic E-state index is -0.249. The Labute approximate surface area is 111 Å². The number of fused-ring (bicyclic) bond motifs is 1. The van der Waals surface area contributed by atoms with Gasteiger partial charge in [-0.05, 0) is 31.1 Å². The summed E-state index contributed by atoms with van der Waals surface area (Å²) < 4.78 is 6.66. The SMILES string of the molecule is COC(=O)C1=CC=C(n2ncc3ccccc32)CC1. The molecule has 19 heavy (non-hydrogen) atoms. The van der Waals surface area contributed by atoms with Gasteiger partial charge >= 0.3 is 5.97 Å². The summed E-state index contributed by atoms with van der Waals surface area (Å²) in [7, 11) is 1.41. The minimum Gasteiger partial charge on any atom is -0.466 e. The first-order valence-corrected chi connectivity index (χ1v) is 6.21. The molecule has 0 saturated heterocycles. The maximum absolute atomic E-state index is 11.4. The molecule has 2 aromatic rings. The molecule has 0 saturated carbocycles. The van der Waals surface area contributed by atoms with E-state index in [4.69, 9.17) is 4.74 Å². The molecule has 0 radical (unpaired) electrons. The third-order valence-electron chi connectivity index (χ3n) is 3.32. The number of ether oxygens (including phenoxy) is 1. The van der Waals surface area contributed by atoms with E-state index in [1.807, 2.05) is 47.3 Å². The second kappa shape index (κ2) is 4.72. The van der Waals surface area contributed by atoms with Crippen molar-refractivity contribution >= 4 is 22.6 Å². The van der Waals surface area contributed by atoms with Gasteiger partial charge in [-0.3, -0.25) is 0 Å². The van der Waals surface area contributed by atoms with Crippen molar-refractivity contribution in [3.8, 4) is 0 Å². The standard InChI is InChI=1S/C15H14N2O2/c1-19-15(18)11-6-8-13(9-7-11)17-14-5-3-2-4-12(14)10-16-17/h2-6,8,10H,7,9H2,1H3. The zero-order chi connectivity index (χ0) is 13.2. The van der Waals surface area contributed by atoms with Gasteiger partial charge in [-0.15, -0.1) is 0 Å². The van der Waals surface area contributed by atoms with E-state index in [0.717, 1.165) is 23.0 Å². The lowest BCUT2D eigenvalue weighted by atomic mass is 10.0. The monoisotopic (exact) mass is 254 g/mol. The molecule has 96 valence electrons. The average molecular weight is 254 g/mol. The summed E-state index contributed by atoms with van der Waals surface area (Å²) in [6.45, 7) is 0. The zero-order valence-corrected chi connectivity index (χ0v) is 10.7. The van der Waals surface area contributed by atoms with Crippen LogP contribution >= 0.6 is 0 Å². The van der Waals surface area contributed by atoms with E-state index in [1.165, 1.54) is 7.11 Å². The molecule has 0 spiro atoms. The molecular weight excluding hydrogens is 240 g/mol. The number of nitrogens with zero attached hydrogens (tertiary/aromatic N) is 2. The highest BCUT2D eigenvalue weighted by molar-refractivity contribution is 5.90. The van der Waals surface area contributed by atoms with E-state index in [2.05, 4.69) is 5.10 Å². The number of benzene rings is 1. The van der Waals surface area contributed by atoms with Crippen LogP contribution in [0.25, 0.3) is 16.6 Å². The lowest BCUT2D eigenvalue weighted by Crippen LogP contribution is -2.09. The van der Waals surface area contributed by atoms with E-state index in [0.29, 0.717) is 12.0 Å². The van der Waals surface area contributed by atoms with Gasteiger partial charge in [0.25, 0.3) is 0 Å². The summed E-state index contributed by atoms with van der Waals surface area (Å²) in [5.41, 5.74) is 2.89. The molecule has 0 unspecified atom stereocenters. The van der Waals surface area contributed by atoms with Crippen LogP contribution in [0.15, 0.2) is 48.2 Å². The molecule has 4 heteroatoms. The molecule has 0 amide bonds. The molecule has 1 aliphatic carbocycles. The number of para-hydroxylation sites is 1. The number of aromatic nitrogens is 2. The summed E-state index contributed by atoms with van der Waals surface area (Å²) in [6.07, 6.45) is 7.09. The van der Waals surface area contributed by atoms with Gasteiger partial charge in [-0.1, -0.05) is 18.2 Å². The maximum atomic E-state index is 11.4. The Morgan fingerprint density at radius 2 is 2.11 bits per heavy atom. The predicted molar refractivity (Wildman–Crippen MR) is 73.3 cm³/mol. The Bertz CT molecular complexity index is 695. The molecule has 3 rings (SSSR count). The van der Waals surface area contributed by atoms with Crippen molar-refractivity contribution in [3.05, 3.63) is 48.2 Å². The Kier molecular flexibility index (Phi) is 2.91. The Balaban J connectivity index is 1.98. The van der Waals surface area contributed by atoms with Crippen LogP contribution < -0.4 is 0 Å². The normalized spacial score (nSPS) is 15.0. The zero-order valence-electron chi connectivity index (χ0n) is 10.7. The van der Waals surface area contributed by atoms with E-state index in [9.17, 15) is 4.79 Å². The first-order valence-electron chi connectivity index (χ1n) is 6.21. The third-order valence-corrected chi connectivity index (χ3v) is 3.32. The Morgan fingerprint density at radius 3 is 2.84 bits per heavy atom. The Morgan fingerprint density at radius 1 is 1.26 bits per heavy atom. The smallest absolute Gasteiger partial charge is 0.333 e. The van der Waals surface area contributed by atoms with Gasteiger partial charge in [-0.25, -0.2) is 9.48 Å². The van der Waals surface area contributed by atoms with Crippen LogP contribution in [0.2, 0.25) is 0 Å². The van der Waals surface area contributed by atoms with Crippen molar-refractivity contribution < 1.29 is 9.53 Å². The van der Waals surface area contributed by atoms with Crippen LogP contribution in [0.1, 0.15) is 12.8 Å². The number of methoxy groups -OCH3 is 1. The number of hydrogen-bond acceptors (Lipinski definition) is 3. The predicted octanol–water partition coefficient (Wildman–Crippen LogP) is 2.77. The lowest BCUT2D eigenvalue weighted by Gasteiger charge is -2.14. The van der Waals surface area contributed by atoms with Gasteiger partial charge < -0.3 is 4.74 Å². The summed E-state index contributed by atoms with van der Waals surface area (Å²) in [5.74, 6) is -0.249. The number of esters is 1. The molecule has 1 aromatic carbocycles. The highest BCUT2D eigenvalue weighted by Gasteiger charge is 2.15. The van der Waals surface area contributed by atoms with Gasteiger partial charge in [0.05, 0.1) is 18.8 Å². The van der Waals surface area contributed by atoms with Gasteiger partial charge in [0.2, 0.25) is 0 Å². The lowest BCUT2D eigenvalue weighted by molar-refractivity contribution is -0.136. The second-order valence-corrected chi connectivity index (χ2v) is 4.46. The second-order valence-electron chi connectivity index (χ2n) is 4.46. The van der Waals surface area contributed by atoms with Gasteiger partial charge in [-0.2, -0.15) is 5.10 Å². The number of allylic oxidation sites excluding steroid dienone is 3. The topological polar surface area (TPSA) is 44.1 Å². The van der Waals surface area contributed by atoms with E-state index < -0.39 is 0 Å². The molecule has 1 aliphatic rings. The van der Waals surface area contributed by atoms with Crippen molar-refractivity contribution in [2.45, 2.75) is 12.8 Å². The molecule has 0 bridgehead atoms. The minimum absolute atomic E-state index is 0.249. The third kappa shape index (κ3) is 2.05. The van der Waals surface area contributed by atoms with Crippen molar-refractivity contribution in [2.24, 2.45) is 0 Å². The molecule has 0 atom stereocenters. The number of rotatable bonds is 2. The van der Waals surface area contributed by atoms with Crippen LogP contribution in [-0.4, -0.2) is 22.9 Å². The fraction of sp³-hybridized carbons (Fsp3) is 0.200. The van der Waals surface area contributed by atoms with Gasteiger partial charge in [0.15, 0.2) is 0 Å². The first kappa shape index (κ1) is 11.7. The number of hydrogen-bond donors (Lipinski definition) is 0. The van der Waals surface area contributed by atoms with Crippen molar-refractivity contribution in [2.75, 3.05) is 7.11 Å². The van der Waals surface area contributed by atoms with Gasteiger partial charge in [0, 0.05) is 16.7 Å². The van der Waals surface area contributed by atoms with Gasteiger partial charge in [0.1, 0.15) is 0 Å². The highest BCUT2D eigenvalue weighted by Crippen LogP contribution is 2.25. The molecule has 0 N–H and O–H groups in total. The summed E-state index contributed by atoms with van der Waals surface area (Å²) in [4.78, 5) is 11.4. The number of carbonyl (C=O) groups is 1. The summed E-state index contributed by atoms with van der Waals surface area (Å²) >= 11 is 0. The molecule has 0 fully saturated rings. The van der Waals surface area contributed by atoms with Crippen LogP contribution in [-0.2, 0) is 9.53 Å². The summed E-state index contributed by atoms with van der Waals surface area (Å²) in [6, 6.07) is 8.08. The highest BCUT2D eigenvalue weighted by atomic mass is 16.5. The fourth-order valence-corrected chi connectivity index (χ4v) is 2.30. The maximum Gasteiger partial charge on any atom is 0.333 e. The van der Waals surface area contributed by atoms with Crippen LogP contribution in [0.3, 0.4) is 0 Å². The summed E-state index contributed by atoms with van der Waals surface area (Å²) in [5, 5.41) is 5.53. The van der Waals surface area contributed by atoms with Crippen molar-refractivity contribution in [1.82, 2.24) is 9.78 Å². The van der Waals surface area contributed by atoms with E-state index >= 15 is 0 Å². The van der Waals surface area contributed by atoms with Crippen molar-refractivity contribution in [1.29, 1.82) is 0 Å². The number of carbonyl (C=O) groups excluding carboxylic acids is 1. The van der Waals surface area contributed by atoms with Crippen LogP contribution in [0.4, 0.5) is 0 Å². The largest absolute Gasteiger partial charge is 0.466 e. The Hall–Kier alpha value is -2.36. The fourth-order valence-electron chi connectivity index (χ4n) is 2.30. The molecule has 1 aromatic heterocycles.